The van der Waals surface area contributed by atoms with E-state index in [1.807, 2.05) is 6.92 Å². The largest absolute Gasteiger partial charge is 0.383 e. The van der Waals surface area contributed by atoms with Crippen molar-refractivity contribution in [3.8, 4) is 0 Å². The Hall–Kier alpha value is -1.66. The van der Waals surface area contributed by atoms with Gasteiger partial charge in [0.2, 0.25) is 0 Å². The number of hydrogen-bond acceptors (Lipinski definition) is 5. The molecule has 0 atom stereocenters. The number of ether oxygens (including phenoxy) is 1. The number of nitrogen functional groups attached to an aromatic ring is 1. The number of thiophene rings is 1. The van der Waals surface area contributed by atoms with E-state index in [2.05, 4.69) is 25.4 Å². The van der Waals surface area contributed by atoms with Crippen LogP contribution in [0.25, 0.3) is 10.2 Å². The maximum atomic E-state index is 12.1. The van der Waals surface area contributed by atoms with Gasteiger partial charge in [0.1, 0.15) is 10.6 Å². The van der Waals surface area contributed by atoms with E-state index in [1.54, 1.807) is 15.9 Å². The molecule has 0 saturated heterocycles. The quantitative estimate of drug-likeness (QED) is 0.865. The Balaban J connectivity index is 2.30. The van der Waals surface area contributed by atoms with Crippen molar-refractivity contribution in [2.75, 3.05) is 5.73 Å². The summed E-state index contributed by atoms with van der Waals surface area (Å²) in [6.07, 6.45) is 0.777. The fourth-order valence-corrected chi connectivity index (χ4v) is 3.94. The second-order valence-electron chi connectivity index (χ2n) is 6.23. The van der Waals surface area contributed by atoms with E-state index in [0.717, 1.165) is 27.1 Å². The molecule has 0 radical (unpaired) electrons. The molecule has 3 rings (SSSR count). The summed E-state index contributed by atoms with van der Waals surface area (Å²) >= 11 is 1.57. The molecule has 21 heavy (non-hydrogen) atoms. The van der Waals surface area contributed by atoms with Gasteiger partial charge in [-0.2, -0.15) is 4.98 Å². The average Bonchev–Trinajstić information content (AvgIpc) is 2.71. The second-order valence-corrected chi connectivity index (χ2v) is 7.32. The van der Waals surface area contributed by atoms with Crippen molar-refractivity contribution in [1.29, 1.82) is 0 Å². The Bertz CT molecular complexity index is 801. The molecule has 1 aliphatic rings. The molecule has 0 amide bonds. The number of fused-ring (bicyclic) bond motifs is 3. The van der Waals surface area contributed by atoms with Crippen molar-refractivity contribution < 1.29 is 4.74 Å². The van der Waals surface area contributed by atoms with Crippen molar-refractivity contribution in [2.24, 2.45) is 0 Å². The van der Waals surface area contributed by atoms with Crippen LogP contribution in [0.2, 0.25) is 0 Å². The minimum absolute atomic E-state index is 0.219. The van der Waals surface area contributed by atoms with E-state index in [0.29, 0.717) is 19.0 Å². The lowest BCUT2D eigenvalue weighted by Crippen LogP contribution is -2.31. The van der Waals surface area contributed by atoms with Gasteiger partial charge in [-0.1, -0.05) is 12.2 Å². The van der Waals surface area contributed by atoms with E-state index in [1.165, 1.54) is 5.56 Å². The third kappa shape index (κ3) is 2.38. The van der Waals surface area contributed by atoms with Gasteiger partial charge in [0.05, 0.1) is 17.6 Å². The topological polar surface area (TPSA) is 70.1 Å². The Morgan fingerprint density at radius 1 is 1.57 bits per heavy atom. The second kappa shape index (κ2) is 4.68. The minimum Gasteiger partial charge on any atom is -0.383 e. The molecule has 112 valence electrons. The SMILES string of the molecule is C=C(C)Cn1c(=O)nc(N)c2c3c(sc21)COC(C)(C)C3. The Morgan fingerprint density at radius 2 is 2.29 bits per heavy atom. The fraction of sp³-hybridized carbons (Fsp3) is 0.467. The number of anilines is 1. The van der Waals surface area contributed by atoms with Crippen LogP contribution < -0.4 is 11.4 Å². The molecule has 2 aromatic rings. The number of aromatic nitrogens is 2. The minimum atomic E-state index is -0.318. The van der Waals surface area contributed by atoms with Crippen molar-refractivity contribution in [3.63, 3.8) is 0 Å². The van der Waals surface area contributed by atoms with Gasteiger partial charge in [0, 0.05) is 17.8 Å². The van der Waals surface area contributed by atoms with Crippen LogP contribution in [0, 0.1) is 0 Å². The first-order valence-corrected chi connectivity index (χ1v) is 7.69. The van der Waals surface area contributed by atoms with Crippen molar-refractivity contribution in [3.05, 3.63) is 33.1 Å². The molecular weight excluding hydrogens is 286 g/mol. The van der Waals surface area contributed by atoms with Crippen LogP contribution in [-0.4, -0.2) is 15.2 Å². The summed E-state index contributed by atoms with van der Waals surface area (Å²) in [5, 5.41) is 0.909. The zero-order valence-corrected chi connectivity index (χ0v) is 13.3. The van der Waals surface area contributed by atoms with E-state index >= 15 is 0 Å². The molecule has 2 N–H and O–H groups in total. The Labute approximate surface area is 127 Å². The van der Waals surface area contributed by atoms with E-state index < -0.39 is 0 Å². The molecule has 3 heterocycles. The van der Waals surface area contributed by atoms with Crippen molar-refractivity contribution in [2.45, 2.75) is 45.9 Å². The van der Waals surface area contributed by atoms with E-state index in [-0.39, 0.29) is 11.3 Å². The van der Waals surface area contributed by atoms with Crippen LogP contribution in [0.15, 0.2) is 16.9 Å². The number of rotatable bonds is 2. The maximum absolute atomic E-state index is 12.1. The monoisotopic (exact) mass is 305 g/mol. The van der Waals surface area contributed by atoms with E-state index in [4.69, 9.17) is 10.5 Å². The van der Waals surface area contributed by atoms with Gasteiger partial charge in [-0.15, -0.1) is 11.3 Å². The third-order valence-electron chi connectivity index (χ3n) is 3.64. The number of allylic oxidation sites excluding steroid dienone is 1. The van der Waals surface area contributed by atoms with Gasteiger partial charge in [-0.3, -0.25) is 4.57 Å². The van der Waals surface area contributed by atoms with Crippen molar-refractivity contribution in [1.82, 2.24) is 9.55 Å². The summed E-state index contributed by atoms with van der Waals surface area (Å²) in [5.74, 6) is 0.322. The molecule has 0 unspecified atom stereocenters. The van der Waals surface area contributed by atoms with Crippen LogP contribution in [0.1, 0.15) is 31.2 Å². The van der Waals surface area contributed by atoms with Crippen LogP contribution in [0.3, 0.4) is 0 Å². The fourth-order valence-electron chi connectivity index (χ4n) is 2.71. The molecule has 6 heteroatoms. The molecular formula is C15H19N3O2S. The molecule has 0 aromatic carbocycles. The highest BCUT2D eigenvalue weighted by Crippen LogP contribution is 2.40. The molecule has 0 bridgehead atoms. The van der Waals surface area contributed by atoms with Gasteiger partial charge < -0.3 is 10.5 Å². The van der Waals surface area contributed by atoms with E-state index in [9.17, 15) is 4.79 Å². The smallest absolute Gasteiger partial charge is 0.350 e. The molecule has 0 fully saturated rings. The van der Waals surface area contributed by atoms with Gasteiger partial charge in [-0.25, -0.2) is 4.79 Å². The van der Waals surface area contributed by atoms with Crippen LogP contribution in [0.4, 0.5) is 5.82 Å². The zero-order valence-electron chi connectivity index (χ0n) is 12.5. The van der Waals surface area contributed by atoms with Gasteiger partial charge in [-0.05, 0) is 26.3 Å². The standard InChI is InChI=1S/C15H19N3O2S/c1-8(2)6-18-13-11(12(16)17-14(18)19)9-5-15(3,4)20-7-10(9)21-13/h1,5-7H2,2-4H3,(H2,16,17,19). The highest BCUT2D eigenvalue weighted by Gasteiger charge is 2.31. The Kier molecular flexibility index (Phi) is 3.18. The molecule has 0 saturated carbocycles. The zero-order chi connectivity index (χ0) is 15.4. The first kappa shape index (κ1) is 14.3. The number of nitrogens with two attached hydrogens (primary N) is 1. The first-order chi connectivity index (χ1) is 9.78. The van der Waals surface area contributed by atoms with Crippen molar-refractivity contribution >= 4 is 27.4 Å². The summed E-state index contributed by atoms with van der Waals surface area (Å²) in [4.78, 5) is 18.1. The van der Waals surface area contributed by atoms with Crippen LogP contribution in [0.5, 0.6) is 0 Å². The molecule has 0 spiro atoms. The predicted octanol–water partition coefficient (Wildman–Crippen LogP) is 2.47. The summed E-state index contributed by atoms with van der Waals surface area (Å²) in [5.41, 5.74) is 7.58. The van der Waals surface area contributed by atoms with Gasteiger partial charge in [0.15, 0.2) is 0 Å². The summed E-state index contributed by atoms with van der Waals surface area (Å²) < 4.78 is 7.51. The summed E-state index contributed by atoms with van der Waals surface area (Å²) in [6.45, 7) is 10.9. The average molecular weight is 305 g/mol. The highest BCUT2D eigenvalue weighted by molar-refractivity contribution is 7.19. The van der Waals surface area contributed by atoms with Gasteiger partial charge >= 0.3 is 5.69 Å². The number of hydrogen-bond donors (Lipinski definition) is 1. The summed E-state index contributed by atoms with van der Waals surface area (Å²) in [7, 11) is 0. The number of nitrogens with zero attached hydrogens (tertiary/aromatic N) is 2. The Morgan fingerprint density at radius 3 is 2.95 bits per heavy atom. The lowest BCUT2D eigenvalue weighted by Gasteiger charge is -2.30. The molecule has 1 aliphatic heterocycles. The van der Waals surface area contributed by atoms with Crippen LogP contribution >= 0.6 is 11.3 Å². The molecule has 2 aromatic heterocycles. The normalized spacial score (nSPS) is 16.9. The first-order valence-electron chi connectivity index (χ1n) is 6.87. The molecule has 0 aliphatic carbocycles. The van der Waals surface area contributed by atoms with Crippen LogP contribution in [-0.2, 0) is 24.3 Å². The lowest BCUT2D eigenvalue weighted by atomic mass is 9.94. The maximum Gasteiger partial charge on any atom is 0.350 e. The van der Waals surface area contributed by atoms with Gasteiger partial charge in [0.25, 0.3) is 0 Å². The highest BCUT2D eigenvalue weighted by atomic mass is 32.1. The predicted molar refractivity (Wildman–Crippen MR) is 85.7 cm³/mol. The lowest BCUT2D eigenvalue weighted by molar-refractivity contribution is -0.0379. The third-order valence-corrected chi connectivity index (χ3v) is 4.87. The molecule has 5 nitrogen and oxygen atoms in total. The summed E-state index contributed by atoms with van der Waals surface area (Å²) in [6, 6.07) is 0.